The van der Waals surface area contributed by atoms with Crippen molar-refractivity contribution in [2.75, 3.05) is 31.8 Å². The zero-order chi connectivity index (χ0) is 23.4. The Hall–Kier alpha value is -4.10. The molecule has 1 aliphatic rings. The molecule has 0 fully saturated rings. The molecule has 3 N–H and O–H groups in total. The number of hydrogen-bond donors (Lipinski definition) is 3. The lowest BCUT2D eigenvalue weighted by molar-refractivity contribution is -0.114. The van der Waals surface area contributed by atoms with E-state index in [1.54, 1.807) is 19.4 Å². The van der Waals surface area contributed by atoms with Crippen molar-refractivity contribution in [1.29, 1.82) is 0 Å². The Bertz CT molecular complexity index is 1200. The fraction of sp³-hybridized carbons (Fsp3) is 0.154. The van der Waals surface area contributed by atoms with Gasteiger partial charge < -0.3 is 20.3 Å². The predicted molar refractivity (Wildman–Crippen MR) is 131 cm³/mol. The molecule has 2 amide bonds. The predicted octanol–water partition coefficient (Wildman–Crippen LogP) is 4.22. The molecule has 1 aliphatic heterocycles. The minimum absolute atomic E-state index is 0.389. The Balaban J connectivity index is 1.59. The summed E-state index contributed by atoms with van der Waals surface area (Å²) < 4.78 is 5.19. The number of benzene rings is 3. The minimum Gasteiger partial charge on any atom is -0.497 e. The molecule has 0 unspecified atom stereocenters. The van der Waals surface area contributed by atoms with Gasteiger partial charge in [0.1, 0.15) is 5.75 Å². The van der Waals surface area contributed by atoms with Gasteiger partial charge in [-0.2, -0.15) is 0 Å². The summed E-state index contributed by atoms with van der Waals surface area (Å²) in [5.41, 5.74) is 5.08. The van der Waals surface area contributed by atoms with Crippen LogP contribution >= 0.6 is 0 Å². The standard InChI is InChI=1S/C26H26N4O3/c1-30(2)16-17-4-6-18(7-5-17)27-15-24-23-14-20(10-13-22(23)25(31)29-26(24)32)28-19-8-11-21(33-3)12-9-19/h4-15,27-28H,16H2,1-3H3,(H,29,31,32). The fourth-order valence-electron chi connectivity index (χ4n) is 3.61. The lowest BCUT2D eigenvalue weighted by Crippen LogP contribution is -2.36. The summed E-state index contributed by atoms with van der Waals surface area (Å²) in [5.74, 6) is -0.0821. The van der Waals surface area contributed by atoms with E-state index in [0.29, 0.717) is 16.7 Å². The molecule has 33 heavy (non-hydrogen) atoms. The van der Waals surface area contributed by atoms with E-state index in [4.69, 9.17) is 4.74 Å². The van der Waals surface area contributed by atoms with Crippen LogP contribution in [0.3, 0.4) is 0 Å². The summed E-state index contributed by atoms with van der Waals surface area (Å²) in [7, 11) is 5.66. The first-order valence-electron chi connectivity index (χ1n) is 10.5. The molecule has 0 bridgehead atoms. The molecule has 0 spiro atoms. The summed E-state index contributed by atoms with van der Waals surface area (Å²) in [4.78, 5) is 27.1. The third-order valence-electron chi connectivity index (χ3n) is 5.24. The summed E-state index contributed by atoms with van der Waals surface area (Å²) in [6.45, 7) is 0.850. The van der Waals surface area contributed by atoms with Crippen LogP contribution in [0.1, 0.15) is 21.5 Å². The van der Waals surface area contributed by atoms with E-state index in [9.17, 15) is 9.59 Å². The second-order valence-corrected chi connectivity index (χ2v) is 8.03. The lowest BCUT2D eigenvalue weighted by atomic mass is 9.94. The van der Waals surface area contributed by atoms with E-state index in [1.807, 2.05) is 74.8 Å². The van der Waals surface area contributed by atoms with Crippen molar-refractivity contribution in [3.8, 4) is 5.75 Å². The summed E-state index contributed by atoms with van der Waals surface area (Å²) in [5, 5.41) is 8.89. The highest BCUT2D eigenvalue weighted by molar-refractivity contribution is 6.31. The number of imide groups is 1. The molecule has 7 heteroatoms. The number of amides is 2. The van der Waals surface area contributed by atoms with Crippen LogP contribution in [0.2, 0.25) is 0 Å². The van der Waals surface area contributed by atoms with Crippen LogP contribution in [-0.2, 0) is 11.3 Å². The van der Waals surface area contributed by atoms with Crippen molar-refractivity contribution in [3.63, 3.8) is 0 Å². The van der Waals surface area contributed by atoms with Gasteiger partial charge in [-0.15, -0.1) is 0 Å². The van der Waals surface area contributed by atoms with Crippen LogP contribution < -0.4 is 20.7 Å². The van der Waals surface area contributed by atoms with Gasteiger partial charge in [0.05, 0.1) is 12.7 Å². The number of nitrogens with one attached hydrogen (secondary N) is 3. The number of rotatable bonds is 7. The molecule has 0 aromatic heterocycles. The molecule has 3 aromatic rings. The molecule has 0 atom stereocenters. The van der Waals surface area contributed by atoms with Crippen LogP contribution in [0.5, 0.6) is 5.75 Å². The van der Waals surface area contributed by atoms with Gasteiger partial charge in [-0.05, 0) is 74.3 Å². The first kappa shape index (κ1) is 22.1. The van der Waals surface area contributed by atoms with Crippen LogP contribution in [-0.4, -0.2) is 37.9 Å². The smallest absolute Gasteiger partial charge is 0.260 e. The van der Waals surface area contributed by atoms with E-state index >= 15 is 0 Å². The molecule has 7 nitrogen and oxygen atoms in total. The van der Waals surface area contributed by atoms with E-state index in [2.05, 4.69) is 20.9 Å². The zero-order valence-corrected chi connectivity index (χ0v) is 18.8. The topological polar surface area (TPSA) is 82.7 Å². The second kappa shape index (κ2) is 9.58. The number of carbonyl (C=O) groups is 2. The number of hydrogen-bond acceptors (Lipinski definition) is 6. The Morgan fingerprint density at radius 3 is 2.18 bits per heavy atom. The van der Waals surface area contributed by atoms with Crippen LogP contribution in [0.25, 0.3) is 5.57 Å². The molecular weight excluding hydrogens is 416 g/mol. The van der Waals surface area contributed by atoms with Gasteiger partial charge in [0.15, 0.2) is 0 Å². The van der Waals surface area contributed by atoms with Crippen molar-refractivity contribution in [1.82, 2.24) is 10.2 Å². The van der Waals surface area contributed by atoms with Crippen molar-refractivity contribution < 1.29 is 14.3 Å². The highest BCUT2D eigenvalue weighted by Gasteiger charge is 2.27. The van der Waals surface area contributed by atoms with E-state index in [-0.39, 0.29) is 0 Å². The number of fused-ring (bicyclic) bond motifs is 1. The first-order valence-corrected chi connectivity index (χ1v) is 10.5. The van der Waals surface area contributed by atoms with Crippen LogP contribution in [0.15, 0.2) is 72.9 Å². The summed E-state index contributed by atoms with van der Waals surface area (Å²) in [6, 6.07) is 20.8. The number of nitrogens with zero attached hydrogens (tertiary/aromatic N) is 1. The molecule has 0 radical (unpaired) electrons. The Labute approximate surface area is 193 Å². The molecule has 0 saturated heterocycles. The molecule has 0 saturated carbocycles. The molecule has 4 rings (SSSR count). The van der Waals surface area contributed by atoms with Gasteiger partial charge in [0.25, 0.3) is 11.8 Å². The van der Waals surface area contributed by atoms with Gasteiger partial charge in [0.2, 0.25) is 0 Å². The number of carbonyl (C=O) groups excluding carboxylic acids is 2. The highest BCUT2D eigenvalue weighted by Crippen LogP contribution is 2.29. The van der Waals surface area contributed by atoms with Crippen molar-refractivity contribution in [3.05, 3.63) is 89.6 Å². The Morgan fingerprint density at radius 2 is 1.52 bits per heavy atom. The Kier molecular flexibility index (Phi) is 6.42. The third-order valence-corrected chi connectivity index (χ3v) is 5.24. The normalized spacial score (nSPS) is 14.1. The van der Waals surface area contributed by atoms with Gasteiger partial charge in [-0.3, -0.25) is 14.9 Å². The number of ether oxygens (including phenoxy) is 1. The molecule has 1 heterocycles. The Morgan fingerprint density at radius 1 is 0.848 bits per heavy atom. The van der Waals surface area contributed by atoms with Gasteiger partial charge in [0, 0.05) is 40.9 Å². The van der Waals surface area contributed by atoms with Crippen LogP contribution in [0, 0.1) is 0 Å². The first-order chi connectivity index (χ1) is 15.9. The van der Waals surface area contributed by atoms with E-state index in [1.165, 1.54) is 5.56 Å². The maximum Gasteiger partial charge on any atom is 0.260 e. The summed E-state index contributed by atoms with van der Waals surface area (Å²) >= 11 is 0. The quantitative estimate of drug-likeness (QED) is 0.375. The average Bonchev–Trinajstić information content (AvgIpc) is 2.80. The number of methoxy groups -OCH3 is 1. The van der Waals surface area contributed by atoms with Crippen molar-refractivity contribution in [2.45, 2.75) is 6.54 Å². The maximum atomic E-state index is 12.6. The van der Waals surface area contributed by atoms with Gasteiger partial charge in [-0.25, -0.2) is 0 Å². The fourth-order valence-corrected chi connectivity index (χ4v) is 3.61. The lowest BCUT2D eigenvalue weighted by Gasteiger charge is -2.20. The van der Waals surface area contributed by atoms with E-state index in [0.717, 1.165) is 29.4 Å². The highest BCUT2D eigenvalue weighted by atomic mass is 16.5. The SMILES string of the molecule is COc1ccc(Nc2ccc3c(c2)C(=CNc2ccc(CN(C)C)cc2)C(=O)NC3=O)cc1. The van der Waals surface area contributed by atoms with E-state index < -0.39 is 11.8 Å². The molecular formula is C26H26N4O3. The average molecular weight is 443 g/mol. The monoisotopic (exact) mass is 442 g/mol. The van der Waals surface area contributed by atoms with Crippen LogP contribution in [0.4, 0.5) is 17.1 Å². The zero-order valence-electron chi connectivity index (χ0n) is 18.8. The van der Waals surface area contributed by atoms with Gasteiger partial charge in [-0.1, -0.05) is 12.1 Å². The molecule has 168 valence electrons. The minimum atomic E-state index is -0.439. The largest absolute Gasteiger partial charge is 0.497 e. The summed E-state index contributed by atoms with van der Waals surface area (Å²) in [6.07, 6.45) is 1.64. The third kappa shape index (κ3) is 5.22. The molecule has 3 aromatic carbocycles. The number of anilines is 3. The second-order valence-electron chi connectivity index (χ2n) is 8.03. The van der Waals surface area contributed by atoms with Crippen molar-refractivity contribution in [2.24, 2.45) is 0 Å². The maximum absolute atomic E-state index is 12.6. The molecule has 0 aliphatic carbocycles. The van der Waals surface area contributed by atoms with Gasteiger partial charge >= 0.3 is 0 Å². The van der Waals surface area contributed by atoms with Crippen molar-refractivity contribution >= 4 is 34.4 Å².